The molecule has 1 aromatic heterocycles. The number of halogens is 3. The van der Waals surface area contributed by atoms with E-state index in [-0.39, 0.29) is 49.7 Å². The highest BCUT2D eigenvalue weighted by molar-refractivity contribution is 7.12. The van der Waals surface area contributed by atoms with Crippen molar-refractivity contribution in [2.45, 2.75) is 51.1 Å². The maximum Gasteiger partial charge on any atom is 0.416 e. The van der Waals surface area contributed by atoms with E-state index in [1.54, 1.807) is 37.4 Å². The molecule has 0 aliphatic heterocycles. The summed E-state index contributed by atoms with van der Waals surface area (Å²) in [6, 6.07) is 8.50. The van der Waals surface area contributed by atoms with Gasteiger partial charge in [-0.1, -0.05) is 38.1 Å². The molecule has 0 aliphatic carbocycles. The first kappa shape index (κ1) is 23.8. The van der Waals surface area contributed by atoms with Crippen LogP contribution in [0, 0.1) is 0 Å². The Bertz CT molecular complexity index is 889. The van der Waals surface area contributed by atoms with Crippen molar-refractivity contribution in [3.63, 3.8) is 0 Å². The number of nitrogens with one attached hydrogen (secondary N) is 1. The molecule has 0 saturated carbocycles. The van der Waals surface area contributed by atoms with Crippen LogP contribution in [-0.4, -0.2) is 24.0 Å². The van der Waals surface area contributed by atoms with E-state index in [2.05, 4.69) is 5.32 Å². The highest BCUT2D eigenvalue weighted by atomic mass is 32.1. The second-order valence-corrected chi connectivity index (χ2v) is 8.63. The highest BCUT2D eigenvalue weighted by Gasteiger charge is 2.32. The summed E-state index contributed by atoms with van der Waals surface area (Å²) < 4.78 is 38.7. The van der Waals surface area contributed by atoms with Crippen LogP contribution in [0.3, 0.4) is 0 Å². The third-order valence-electron chi connectivity index (χ3n) is 4.76. The molecule has 1 amide bonds. The lowest BCUT2D eigenvalue weighted by atomic mass is 9.83. The Hall–Kier alpha value is -2.48. The van der Waals surface area contributed by atoms with Crippen LogP contribution in [0.2, 0.25) is 0 Å². The van der Waals surface area contributed by atoms with Crippen LogP contribution < -0.4 is 5.32 Å². The fourth-order valence-electron chi connectivity index (χ4n) is 2.82. The molecule has 1 heterocycles. The van der Waals surface area contributed by atoms with E-state index < -0.39 is 17.2 Å². The molecular weight excluding hydrogens is 415 g/mol. The minimum Gasteiger partial charge on any atom is -0.355 e. The predicted octanol–water partition coefficient (Wildman–Crippen LogP) is 5.17. The molecule has 0 aliphatic rings. The Morgan fingerprint density at radius 1 is 0.933 bits per heavy atom. The molecule has 0 fully saturated rings. The lowest BCUT2D eigenvalue weighted by Crippen LogP contribution is -2.37. The number of thiophene rings is 1. The normalized spacial score (nSPS) is 11.9. The van der Waals surface area contributed by atoms with E-state index in [4.69, 9.17) is 0 Å². The molecule has 2 rings (SSSR count). The molecule has 0 bridgehead atoms. The van der Waals surface area contributed by atoms with Crippen LogP contribution in [0.25, 0.3) is 0 Å². The van der Waals surface area contributed by atoms with E-state index >= 15 is 0 Å². The Morgan fingerprint density at radius 2 is 1.60 bits per heavy atom. The van der Waals surface area contributed by atoms with Gasteiger partial charge >= 0.3 is 6.18 Å². The molecule has 162 valence electrons. The van der Waals surface area contributed by atoms with Gasteiger partial charge in [0.15, 0.2) is 5.78 Å². The topological polar surface area (TPSA) is 63.2 Å². The van der Waals surface area contributed by atoms with E-state index in [9.17, 15) is 27.6 Å². The molecule has 0 unspecified atom stereocenters. The summed E-state index contributed by atoms with van der Waals surface area (Å²) in [6.45, 7) is 3.62. The van der Waals surface area contributed by atoms with Crippen LogP contribution in [0.5, 0.6) is 0 Å². The molecule has 0 atom stereocenters. The summed E-state index contributed by atoms with van der Waals surface area (Å²) in [5.41, 5.74) is -0.989. The highest BCUT2D eigenvalue weighted by Crippen LogP contribution is 2.32. The summed E-state index contributed by atoms with van der Waals surface area (Å²) in [4.78, 5) is 36.5. The number of carbonyl (C=O) groups is 3. The fraction of sp³-hybridized carbons (Fsp3) is 0.409. The van der Waals surface area contributed by atoms with Gasteiger partial charge in [0.05, 0.1) is 10.4 Å². The monoisotopic (exact) mass is 439 g/mol. The third kappa shape index (κ3) is 7.09. The minimum absolute atomic E-state index is 0.0214. The van der Waals surface area contributed by atoms with Gasteiger partial charge in [0.2, 0.25) is 5.91 Å². The zero-order chi connectivity index (χ0) is 22.4. The number of benzene rings is 1. The van der Waals surface area contributed by atoms with E-state index in [0.29, 0.717) is 10.4 Å². The van der Waals surface area contributed by atoms with Crippen LogP contribution in [0.1, 0.15) is 60.3 Å². The molecule has 1 N–H and O–H groups in total. The summed E-state index contributed by atoms with van der Waals surface area (Å²) in [7, 11) is 0. The van der Waals surface area contributed by atoms with Gasteiger partial charge in [-0.25, -0.2) is 0 Å². The van der Waals surface area contributed by atoms with Crippen LogP contribution in [0.4, 0.5) is 13.2 Å². The number of carbonyl (C=O) groups excluding carboxylic acids is 3. The Labute approximate surface area is 177 Å². The van der Waals surface area contributed by atoms with Crippen molar-refractivity contribution in [3.8, 4) is 0 Å². The Kier molecular flexibility index (Phi) is 7.95. The summed E-state index contributed by atoms with van der Waals surface area (Å²) in [5.74, 6) is -0.620. The van der Waals surface area contributed by atoms with E-state index in [1.807, 2.05) is 0 Å². The van der Waals surface area contributed by atoms with Crippen molar-refractivity contribution in [3.05, 3.63) is 57.8 Å². The smallest absolute Gasteiger partial charge is 0.355 e. The van der Waals surface area contributed by atoms with Crippen LogP contribution >= 0.6 is 11.3 Å². The van der Waals surface area contributed by atoms with Gasteiger partial charge in [-0.3, -0.25) is 14.4 Å². The van der Waals surface area contributed by atoms with Gasteiger partial charge in [0.1, 0.15) is 5.78 Å². The number of Topliss-reactive ketones (excluding diaryl/α,β-unsaturated/α-hetero) is 2. The Balaban J connectivity index is 1.78. The van der Waals surface area contributed by atoms with Crippen molar-refractivity contribution in [1.82, 2.24) is 5.32 Å². The number of hydrogen-bond acceptors (Lipinski definition) is 4. The Morgan fingerprint density at radius 3 is 2.23 bits per heavy atom. The summed E-state index contributed by atoms with van der Waals surface area (Å²) in [6.07, 6.45) is -4.23. The van der Waals surface area contributed by atoms with Crippen molar-refractivity contribution in [2.75, 3.05) is 6.54 Å². The second-order valence-electron chi connectivity index (χ2n) is 7.68. The molecule has 30 heavy (non-hydrogen) atoms. The molecule has 4 nitrogen and oxygen atoms in total. The molecule has 0 saturated heterocycles. The number of hydrogen-bond donors (Lipinski definition) is 1. The van der Waals surface area contributed by atoms with Crippen molar-refractivity contribution in [2.24, 2.45) is 0 Å². The zero-order valence-corrected chi connectivity index (χ0v) is 17.7. The minimum atomic E-state index is -4.43. The maximum atomic E-state index is 12.9. The molecule has 8 heteroatoms. The maximum absolute atomic E-state index is 12.9. The lowest BCUT2D eigenvalue weighted by molar-refractivity contribution is -0.137. The second kappa shape index (κ2) is 10.0. The number of amides is 1. The number of ketones is 2. The van der Waals surface area contributed by atoms with Crippen molar-refractivity contribution < 1.29 is 27.6 Å². The standard InChI is InChI=1S/C22H24F3NO3S/c1-21(2,15-5-3-6-16(13-15)22(23,24)25)14-26-20(29)11-9-17(27)8-10-18(28)19-7-4-12-30-19/h3-7,12-13H,8-11,14H2,1-2H3,(H,26,29). The van der Waals surface area contributed by atoms with Crippen molar-refractivity contribution in [1.29, 1.82) is 0 Å². The van der Waals surface area contributed by atoms with Crippen LogP contribution in [0.15, 0.2) is 41.8 Å². The first-order chi connectivity index (χ1) is 14.0. The van der Waals surface area contributed by atoms with Gasteiger partial charge in [-0.2, -0.15) is 13.2 Å². The molecule has 0 spiro atoms. The van der Waals surface area contributed by atoms with E-state index in [0.717, 1.165) is 12.1 Å². The first-order valence-corrected chi connectivity index (χ1v) is 10.4. The van der Waals surface area contributed by atoms with Gasteiger partial charge in [0.25, 0.3) is 0 Å². The molecule has 2 aromatic rings. The lowest BCUT2D eigenvalue weighted by Gasteiger charge is -2.26. The molecular formula is C22H24F3NO3S. The largest absolute Gasteiger partial charge is 0.416 e. The number of rotatable bonds is 10. The van der Waals surface area contributed by atoms with E-state index in [1.165, 1.54) is 17.4 Å². The van der Waals surface area contributed by atoms with Crippen LogP contribution in [-0.2, 0) is 21.2 Å². The van der Waals surface area contributed by atoms with Crippen molar-refractivity contribution >= 4 is 28.8 Å². The van der Waals surface area contributed by atoms with Gasteiger partial charge in [-0.05, 0) is 23.1 Å². The average molecular weight is 439 g/mol. The molecule has 1 aromatic carbocycles. The van der Waals surface area contributed by atoms with Gasteiger partial charge in [0, 0.05) is 37.6 Å². The third-order valence-corrected chi connectivity index (χ3v) is 5.67. The molecule has 0 radical (unpaired) electrons. The fourth-order valence-corrected chi connectivity index (χ4v) is 3.51. The quantitative estimate of drug-likeness (QED) is 0.519. The van der Waals surface area contributed by atoms with Gasteiger partial charge < -0.3 is 5.32 Å². The summed E-state index contributed by atoms with van der Waals surface area (Å²) in [5, 5.41) is 4.48. The number of alkyl halides is 3. The summed E-state index contributed by atoms with van der Waals surface area (Å²) >= 11 is 1.32. The average Bonchev–Trinajstić information content (AvgIpc) is 3.23. The zero-order valence-electron chi connectivity index (χ0n) is 16.8. The van der Waals surface area contributed by atoms with Gasteiger partial charge in [-0.15, -0.1) is 11.3 Å². The first-order valence-electron chi connectivity index (χ1n) is 9.52. The predicted molar refractivity (Wildman–Crippen MR) is 110 cm³/mol. The SMILES string of the molecule is CC(C)(CNC(=O)CCC(=O)CCC(=O)c1cccs1)c1cccc(C(F)(F)F)c1.